The molecular formula is C18H14Cl2N2O2S. The third-order valence-corrected chi connectivity index (χ3v) is 5.29. The van der Waals surface area contributed by atoms with Gasteiger partial charge in [0.1, 0.15) is 5.76 Å². The van der Waals surface area contributed by atoms with Crippen LogP contribution in [0.1, 0.15) is 21.8 Å². The molecule has 7 heteroatoms. The van der Waals surface area contributed by atoms with Crippen LogP contribution in [0.5, 0.6) is 0 Å². The van der Waals surface area contributed by atoms with Crippen LogP contribution in [0.3, 0.4) is 0 Å². The Labute approximate surface area is 159 Å². The van der Waals surface area contributed by atoms with Crippen LogP contribution in [0, 0.1) is 6.92 Å². The predicted octanol–water partition coefficient (Wildman–Crippen LogP) is 5.83. The number of aromatic nitrogens is 1. The summed E-state index contributed by atoms with van der Waals surface area (Å²) in [4.78, 5) is 13.5. The van der Waals surface area contributed by atoms with E-state index in [-0.39, 0.29) is 5.91 Å². The molecule has 1 heterocycles. The summed E-state index contributed by atoms with van der Waals surface area (Å²) in [6.07, 6.45) is 0. The number of nitrogens with one attached hydrogen (secondary N) is 1. The lowest BCUT2D eigenvalue weighted by Crippen LogP contribution is -2.13. The first-order valence-corrected chi connectivity index (χ1v) is 9.18. The minimum absolute atomic E-state index is 0.249. The summed E-state index contributed by atoms with van der Waals surface area (Å²) in [7, 11) is 0. The molecule has 0 radical (unpaired) electrons. The Kier molecular flexibility index (Phi) is 5.68. The van der Waals surface area contributed by atoms with Crippen LogP contribution in [0.25, 0.3) is 0 Å². The number of aryl methyl sites for hydroxylation is 1. The Morgan fingerprint density at radius 3 is 2.76 bits per heavy atom. The van der Waals surface area contributed by atoms with Crippen molar-refractivity contribution < 1.29 is 9.32 Å². The summed E-state index contributed by atoms with van der Waals surface area (Å²) in [5.41, 5.74) is 1.86. The third-order valence-electron chi connectivity index (χ3n) is 3.38. The van der Waals surface area contributed by atoms with Crippen molar-refractivity contribution in [3.8, 4) is 0 Å². The number of rotatable bonds is 5. The van der Waals surface area contributed by atoms with E-state index in [4.69, 9.17) is 27.7 Å². The molecule has 0 bridgehead atoms. The molecule has 0 unspecified atom stereocenters. The Morgan fingerprint density at radius 1 is 1.20 bits per heavy atom. The van der Waals surface area contributed by atoms with Gasteiger partial charge in [-0.1, -0.05) is 46.6 Å². The van der Waals surface area contributed by atoms with Gasteiger partial charge in [-0.25, -0.2) is 0 Å². The van der Waals surface area contributed by atoms with E-state index in [1.807, 2.05) is 31.2 Å². The molecule has 1 N–H and O–H groups in total. The molecule has 25 heavy (non-hydrogen) atoms. The van der Waals surface area contributed by atoms with Gasteiger partial charge in [-0.2, -0.15) is 0 Å². The topological polar surface area (TPSA) is 55.1 Å². The maximum atomic E-state index is 12.7. The van der Waals surface area contributed by atoms with Crippen LogP contribution >= 0.6 is 35.0 Å². The minimum Gasteiger partial charge on any atom is -0.360 e. The zero-order chi connectivity index (χ0) is 17.8. The van der Waals surface area contributed by atoms with E-state index in [2.05, 4.69) is 10.5 Å². The number of benzene rings is 2. The molecule has 0 saturated heterocycles. The van der Waals surface area contributed by atoms with Crippen molar-refractivity contribution in [2.24, 2.45) is 0 Å². The smallest absolute Gasteiger partial charge is 0.256 e. The molecule has 0 aliphatic rings. The number of hydrogen-bond donors (Lipinski definition) is 1. The number of hydrogen-bond acceptors (Lipinski definition) is 4. The van der Waals surface area contributed by atoms with Crippen molar-refractivity contribution in [3.63, 3.8) is 0 Å². The molecule has 128 valence electrons. The number of nitrogens with zero attached hydrogens (tertiary/aromatic N) is 1. The number of amides is 1. The first-order chi connectivity index (χ1) is 12.0. The predicted molar refractivity (Wildman–Crippen MR) is 102 cm³/mol. The molecule has 0 saturated carbocycles. The Bertz CT molecular complexity index is 912. The summed E-state index contributed by atoms with van der Waals surface area (Å²) < 4.78 is 5.21. The lowest BCUT2D eigenvalue weighted by Gasteiger charge is -2.11. The highest BCUT2D eigenvalue weighted by Crippen LogP contribution is 2.31. The molecule has 1 aromatic heterocycles. The van der Waals surface area contributed by atoms with Crippen molar-refractivity contribution in [1.29, 1.82) is 0 Å². The zero-order valence-corrected chi connectivity index (χ0v) is 15.6. The molecule has 0 fully saturated rings. The largest absolute Gasteiger partial charge is 0.360 e. The van der Waals surface area contributed by atoms with Crippen LogP contribution < -0.4 is 5.32 Å². The number of halogens is 2. The average Bonchev–Trinajstić information content (AvgIpc) is 3.03. The fourth-order valence-electron chi connectivity index (χ4n) is 2.20. The second kappa shape index (κ2) is 7.95. The number of thioether (sulfide) groups is 1. The van der Waals surface area contributed by atoms with Crippen LogP contribution in [0.2, 0.25) is 10.0 Å². The van der Waals surface area contributed by atoms with Crippen molar-refractivity contribution in [2.75, 3.05) is 5.32 Å². The lowest BCUT2D eigenvalue weighted by atomic mass is 10.2. The average molecular weight is 393 g/mol. The van der Waals surface area contributed by atoms with Crippen molar-refractivity contribution >= 4 is 46.6 Å². The maximum absolute atomic E-state index is 12.7. The van der Waals surface area contributed by atoms with Crippen LogP contribution in [-0.4, -0.2) is 11.1 Å². The van der Waals surface area contributed by atoms with Gasteiger partial charge in [0, 0.05) is 11.0 Å². The van der Waals surface area contributed by atoms with Gasteiger partial charge < -0.3 is 9.84 Å². The molecule has 0 spiro atoms. The maximum Gasteiger partial charge on any atom is 0.256 e. The Hall–Kier alpha value is -1.95. The monoisotopic (exact) mass is 392 g/mol. The van der Waals surface area contributed by atoms with Gasteiger partial charge in [-0.15, -0.1) is 11.8 Å². The number of anilines is 1. The quantitative estimate of drug-likeness (QED) is 0.554. The van der Waals surface area contributed by atoms with Crippen LogP contribution in [-0.2, 0) is 5.75 Å². The number of carbonyl (C=O) groups is 1. The van der Waals surface area contributed by atoms with E-state index < -0.39 is 0 Å². The van der Waals surface area contributed by atoms with E-state index in [1.54, 1.807) is 24.3 Å². The normalized spacial score (nSPS) is 10.7. The molecule has 2 aromatic carbocycles. The van der Waals surface area contributed by atoms with E-state index in [1.165, 1.54) is 11.8 Å². The van der Waals surface area contributed by atoms with E-state index in [9.17, 15) is 4.79 Å². The second-order valence-electron chi connectivity index (χ2n) is 5.27. The highest BCUT2D eigenvalue weighted by molar-refractivity contribution is 7.98. The van der Waals surface area contributed by atoms with E-state index in [0.717, 1.165) is 16.3 Å². The fourth-order valence-corrected chi connectivity index (χ4v) is 3.48. The van der Waals surface area contributed by atoms with Gasteiger partial charge in [0.05, 0.1) is 32.7 Å². The first-order valence-electron chi connectivity index (χ1n) is 7.44. The molecule has 4 nitrogen and oxygen atoms in total. The van der Waals surface area contributed by atoms with Crippen molar-refractivity contribution in [2.45, 2.75) is 17.6 Å². The summed E-state index contributed by atoms with van der Waals surface area (Å²) >= 11 is 13.6. The molecule has 0 aliphatic carbocycles. The minimum atomic E-state index is -0.249. The van der Waals surface area contributed by atoms with Gasteiger partial charge in [0.15, 0.2) is 0 Å². The second-order valence-corrected chi connectivity index (χ2v) is 7.08. The van der Waals surface area contributed by atoms with Gasteiger partial charge in [0.25, 0.3) is 5.91 Å². The highest BCUT2D eigenvalue weighted by Gasteiger charge is 2.14. The third kappa shape index (κ3) is 4.37. The zero-order valence-electron chi connectivity index (χ0n) is 13.3. The van der Waals surface area contributed by atoms with E-state index in [0.29, 0.717) is 27.0 Å². The summed E-state index contributed by atoms with van der Waals surface area (Å²) in [5.74, 6) is 1.10. The highest BCUT2D eigenvalue weighted by atomic mass is 35.5. The van der Waals surface area contributed by atoms with Gasteiger partial charge in [-0.3, -0.25) is 4.79 Å². The summed E-state index contributed by atoms with van der Waals surface area (Å²) in [5, 5.41) is 7.38. The summed E-state index contributed by atoms with van der Waals surface area (Å²) in [6.45, 7) is 1.87. The van der Waals surface area contributed by atoms with Crippen LogP contribution in [0.4, 0.5) is 5.69 Å². The van der Waals surface area contributed by atoms with Gasteiger partial charge in [0.2, 0.25) is 0 Å². The van der Waals surface area contributed by atoms with Crippen molar-refractivity contribution in [3.05, 3.63) is 75.6 Å². The van der Waals surface area contributed by atoms with E-state index >= 15 is 0 Å². The fraction of sp³-hybridized carbons (Fsp3) is 0.111. The lowest BCUT2D eigenvalue weighted by molar-refractivity contribution is 0.102. The van der Waals surface area contributed by atoms with Gasteiger partial charge in [-0.05, 0) is 31.2 Å². The first kappa shape index (κ1) is 17.9. The molecule has 1 amide bonds. The van der Waals surface area contributed by atoms with Crippen LogP contribution in [0.15, 0.2) is 57.9 Å². The van der Waals surface area contributed by atoms with Crippen molar-refractivity contribution in [1.82, 2.24) is 5.16 Å². The standard InChI is InChI=1S/C18H14Cl2N2O2S/c1-11-9-12(24-22-11)10-25-16-8-3-2-5-13(16)18(23)21-15-7-4-6-14(19)17(15)20/h2-9H,10H2,1H3,(H,21,23). The SMILES string of the molecule is Cc1cc(CSc2ccccc2C(=O)Nc2cccc(Cl)c2Cl)on1. The molecule has 0 aliphatic heterocycles. The molecule has 3 rings (SSSR count). The Balaban J connectivity index is 1.77. The number of carbonyl (C=O) groups excluding carboxylic acids is 1. The molecule has 0 atom stereocenters. The Morgan fingerprint density at radius 2 is 2.00 bits per heavy atom. The molecular weight excluding hydrogens is 379 g/mol. The molecule has 3 aromatic rings. The summed E-state index contributed by atoms with van der Waals surface area (Å²) in [6, 6.07) is 14.3. The van der Waals surface area contributed by atoms with Gasteiger partial charge >= 0.3 is 0 Å².